The van der Waals surface area contributed by atoms with E-state index in [4.69, 9.17) is 46.4 Å². The number of epoxide rings is 1. The lowest BCUT2D eigenvalue weighted by molar-refractivity contribution is -0.271. The van der Waals surface area contributed by atoms with E-state index >= 15 is 0 Å². The van der Waals surface area contributed by atoms with Crippen LogP contribution in [0.5, 0.6) is 23.0 Å². The Balaban J connectivity index is 1.12. The Hall–Kier alpha value is -4.45. The van der Waals surface area contributed by atoms with Crippen LogP contribution in [0.4, 0.5) is 0 Å². The van der Waals surface area contributed by atoms with Crippen molar-refractivity contribution >= 4 is 39.0 Å². The number of rotatable bonds is 7. The Labute approximate surface area is 250 Å². The van der Waals surface area contributed by atoms with Crippen molar-refractivity contribution in [3.63, 3.8) is 0 Å². The van der Waals surface area contributed by atoms with E-state index in [1.165, 1.54) is 6.07 Å². The lowest BCUT2D eigenvalue weighted by Crippen LogP contribution is -2.39. The minimum absolute atomic E-state index is 0.0680. The van der Waals surface area contributed by atoms with Gasteiger partial charge in [-0.15, -0.1) is 0 Å². The van der Waals surface area contributed by atoms with Gasteiger partial charge in [0.15, 0.2) is 11.3 Å². The van der Waals surface area contributed by atoms with Crippen LogP contribution in [0.3, 0.4) is 0 Å². The van der Waals surface area contributed by atoms with Gasteiger partial charge in [-0.05, 0) is 52.0 Å². The molecular formula is C33H30O11. The topological polar surface area (TPSA) is 124 Å². The highest BCUT2D eigenvalue weighted by Gasteiger charge is 2.56. The van der Waals surface area contributed by atoms with Gasteiger partial charge in [0.2, 0.25) is 5.75 Å². The number of ether oxygens (including phenoxy) is 7. The zero-order valence-corrected chi connectivity index (χ0v) is 24.8. The normalized spacial score (nSPS) is 24.6. The van der Waals surface area contributed by atoms with Crippen molar-refractivity contribution in [1.29, 1.82) is 0 Å². The Morgan fingerprint density at radius 3 is 2.27 bits per heavy atom. The molecule has 3 aliphatic heterocycles. The van der Waals surface area contributed by atoms with Crippen LogP contribution in [0.15, 0.2) is 67.0 Å². The fourth-order valence-electron chi connectivity index (χ4n) is 5.90. The maximum atomic E-state index is 11.9. The van der Waals surface area contributed by atoms with Gasteiger partial charge in [0, 0.05) is 18.2 Å². The molecule has 6 heterocycles. The number of fused-ring (bicyclic) bond motifs is 4. The second-order valence-corrected chi connectivity index (χ2v) is 12.2. The molecule has 228 valence electrons. The highest BCUT2D eigenvalue weighted by molar-refractivity contribution is 6.01. The van der Waals surface area contributed by atoms with Crippen LogP contribution in [-0.4, -0.2) is 49.7 Å². The average Bonchev–Trinajstić information content (AvgIpc) is 3.39. The highest BCUT2D eigenvalue weighted by Crippen LogP contribution is 2.53. The van der Waals surface area contributed by atoms with Crippen LogP contribution in [-0.2, 0) is 14.2 Å². The average molecular weight is 603 g/mol. The molecule has 0 bridgehead atoms. The lowest BCUT2D eigenvalue weighted by Gasteiger charge is -2.31. The minimum atomic E-state index is -1.58. The molecule has 2 fully saturated rings. The van der Waals surface area contributed by atoms with E-state index in [1.54, 1.807) is 43.9 Å². The molecule has 1 spiro atoms. The first-order valence-electron chi connectivity index (χ1n) is 14.3. The standard InChI is InChI=1S/C33H30O11/c1-31(2)23(41-31)15-39-30-28-20(10-13-37-28)26(35-5)19-8-11-33(43-29(19)30)42-24(32(3,4)44-33)16-38-27-17-6-7-25(34)40-22(17)14-21-18(27)9-12-36-21/h6-14,23-24H,15-16H2,1-5H3/t23?,24-,33-/m1/s1. The fraction of sp³-hybridized carbons (Fsp3) is 0.364. The van der Waals surface area contributed by atoms with E-state index in [0.29, 0.717) is 57.3 Å². The summed E-state index contributed by atoms with van der Waals surface area (Å²) in [6.45, 7) is 8.22. The van der Waals surface area contributed by atoms with Gasteiger partial charge in [-0.25, -0.2) is 4.79 Å². The van der Waals surface area contributed by atoms with Crippen molar-refractivity contribution < 1.29 is 46.4 Å². The predicted octanol–water partition coefficient (Wildman–Crippen LogP) is 6.18. The Kier molecular flexibility index (Phi) is 5.72. The van der Waals surface area contributed by atoms with Gasteiger partial charge >= 0.3 is 11.6 Å². The monoisotopic (exact) mass is 602 g/mol. The van der Waals surface area contributed by atoms with Crippen LogP contribution in [0.2, 0.25) is 0 Å². The third-order valence-electron chi connectivity index (χ3n) is 8.43. The minimum Gasteiger partial charge on any atom is -0.495 e. The quantitative estimate of drug-likeness (QED) is 0.157. The molecule has 2 aromatic carbocycles. The molecule has 11 heteroatoms. The molecule has 8 rings (SSSR count). The molecule has 3 aliphatic rings. The van der Waals surface area contributed by atoms with Crippen LogP contribution in [0.1, 0.15) is 33.3 Å². The van der Waals surface area contributed by atoms with Crippen LogP contribution >= 0.6 is 0 Å². The van der Waals surface area contributed by atoms with Crippen molar-refractivity contribution in [3.05, 3.63) is 64.9 Å². The van der Waals surface area contributed by atoms with Gasteiger partial charge in [0.05, 0.1) is 52.6 Å². The number of methoxy groups -OCH3 is 1. The maximum absolute atomic E-state index is 11.9. The highest BCUT2D eigenvalue weighted by atomic mass is 16.9. The van der Waals surface area contributed by atoms with E-state index < -0.39 is 23.3 Å². The van der Waals surface area contributed by atoms with Crippen LogP contribution in [0.25, 0.3) is 39.0 Å². The number of hydrogen-bond acceptors (Lipinski definition) is 11. The van der Waals surface area contributed by atoms with Crippen molar-refractivity contribution in [2.75, 3.05) is 20.3 Å². The summed E-state index contributed by atoms with van der Waals surface area (Å²) in [6, 6.07) is 8.32. The van der Waals surface area contributed by atoms with Crippen molar-refractivity contribution in [2.24, 2.45) is 0 Å². The molecule has 0 aliphatic carbocycles. The van der Waals surface area contributed by atoms with E-state index in [0.717, 1.165) is 10.8 Å². The Morgan fingerprint density at radius 1 is 0.795 bits per heavy atom. The first-order chi connectivity index (χ1) is 21.1. The van der Waals surface area contributed by atoms with Gasteiger partial charge in [0.25, 0.3) is 0 Å². The molecule has 0 radical (unpaired) electrons. The van der Waals surface area contributed by atoms with Crippen LogP contribution in [0, 0.1) is 0 Å². The number of benzene rings is 2. The van der Waals surface area contributed by atoms with Gasteiger partial charge in [-0.2, -0.15) is 0 Å². The number of furan rings is 2. The molecule has 0 N–H and O–H groups in total. The Morgan fingerprint density at radius 2 is 1.50 bits per heavy atom. The molecule has 3 aromatic heterocycles. The van der Waals surface area contributed by atoms with Gasteiger partial charge in [-0.1, -0.05) is 0 Å². The van der Waals surface area contributed by atoms with E-state index in [2.05, 4.69) is 0 Å². The molecule has 3 atom stereocenters. The van der Waals surface area contributed by atoms with E-state index in [-0.39, 0.29) is 18.3 Å². The fourth-order valence-corrected chi connectivity index (χ4v) is 5.90. The molecule has 1 unspecified atom stereocenters. The van der Waals surface area contributed by atoms with Crippen molar-refractivity contribution in [3.8, 4) is 23.0 Å². The molecule has 11 nitrogen and oxygen atoms in total. The summed E-state index contributed by atoms with van der Waals surface area (Å²) in [7, 11) is 1.59. The van der Waals surface area contributed by atoms with Crippen molar-refractivity contribution in [1.82, 2.24) is 0 Å². The maximum Gasteiger partial charge on any atom is 0.350 e. The third kappa shape index (κ3) is 4.18. The summed E-state index contributed by atoms with van der Waals surface area (Å²) in [4.78, 5) is 11.9. The molecular weight excluding hydrogens is 572 g/mol. The van der Waals surface area contributed by atoms with E-state index in [9.17, 15) is 4.79 Å². The zero-order valence-electron chi connectivity index (χ0n) is 24.8. The molecule has 0 saturated carbocycles. The Bertz CT molecular complexity index is 2030. The second-order valence-electron chi connectivity index (χ2n) is 12.2. The largest absolute Gasteiger partial charge is 0.495 e. The second kappa shape index (κ2) is 9.28. The summed E-state index contributed by atoms with van der Waals surface area (Å²) < 4.78 is 60.5. The summed E-state index contributed by atoms with van der Waals surface area (Å²) in [6.07, 6.45) is 6.04. The lowest BCUT2D eigenvalue weighted by atomic mass is 10.0. The number of hydrogen-bond donors (Lipinski definition) is 0. The van der Waals surface area contributed by atoms with Gasteiger partial charge in [-0.3, -0.25) is 0 Å². The molecule has 44 heavy (non-hydrogen) atoms. The summed E-state index contributed by atoms with van der Waals surface area (Å²) in [5, 5.41) is 2.12. The van der Waals surface area contributed by atoms with E-state index in [1.807, 2.05) is 39.8 Å². The summed E-state index contributed by atoms with van der Waals surface area (Å²) in [5.74, 6) is 0.271. The van der Waals surface area contributed by atoms with Gasteiger partial charge < -0.3 is 46.4 Å². The summed E-state index contributed by atoms with van der Waals surface area (Å²) >= 11 is 0. The van der Waals surface area contributed by atoms with Crippen molar-refractivity contribution in [2.45, 2.75) is 57.1 Å². The molecule has 5 aromatic rings. The first-order valence-corrected chi connectivity index (χ1v) is 14.3. The smallest absolute Gasteiger partial charge is 0.350 e. The zero-order chi connectivity index (χ0) is 30.4. The predicted molar refractivity (Wildman–Crippen MR) is 157 cm³/mol. The molecule has 2 saturated heterocycles. The van der Waals surface area contributed by atoms with Crippen LogP contribution < -0.4 is 24.6 Å². The first kappa shape index (κ1) is 27.1. The summed E-state index contributed by atoms with van der Waals surface area (Å²) in [5.41, 5.74) is 0.461. The third-order valence-corrected chi connectivity index (χ3v) is 8.43. The molecule has 0 amide bonds. The van der Waals surface area contributed by atoms with Gasteiger partial charge in [0.1, 0.15) is 48.1 Å². The SMILES string of the molecule is COc1c2c(c(OCC3OC3(C)C)c3occc13)O[C@@]1(C=C2)O[C@H](COc2c3ccoc3cc3oc(=O)ccc23)C(C)(C)O1.